The second-order valence-corrected chi connectivity index (χ2v) is 3.86. The van der Waals surface area contributed by atoms with Crippen molar-refractivity contribution in [1.82, 2.24) is 10.6 Å². The zero-order chi connectivity index (χ0) is 10.5. The smallest absolute Gasteiger partial charge is 0.254 e. The van der Waals surface area contributed by atoms with Gasteiger partial charge in [-0.25, -0.2) is 0 Å². The van der Waals surface area contributed by atoms with Crippen LogP contribution in [0.3, 0.4) is 0 Å². The minimum atomic E-state index is -0.0318. The maximum atomic E-state index is 11.7. The Morgan fingerprint density at radius 3 is 3.20 bits per heavy atom. The van der Waals surface area contributed by atoms with Gasteiger partial charge in [0.25, 0.3) is 5.91 Å². The predicted molar refractivity (Wildman–Crippen MR) is 56.7 cm³/mol. The average Bonchev–Trinajstić information content (AvgIpc) is 2.65. The van der Waals surface area contributed by atoms with Gasteiger partial charge in [-0.2, -0.15) is 0 Å². The Labute approximate surface area is 89.0 Å². The van der Waals surface area contributed by atoms with Gasteiger partial charge in [-0.1, -0.05) is 0 Å². The van der Waals surface area contributed by atoms with Crippen LogP contribution in [0.1, 0.15) is 29.6 Å². The summed E-state index contributed by atoms with van der Waals surface area (Å²) in [5, 5.41) is 6.34. The van der Waals surface area contributed by atoms with E-state index >= 15 is 0 Å². The van der Waals surface area contributed by atoms with Crippen LogP contribution in [0, 0.1) is 0 Å². The van der Waals surface area contributed by atoms with E-state index in [1.165, 1.54) is 12.5 Å². The summed E-state index contributed by atoms with van der Waals surface area (Å²) in [6, 6.07) is 1.98. The molecule has 1 saturated heterocycles. The lowest BCUT2D eigenvalue weighted by Gasteiger charge is -2.14. The first-order valence-corrected chi connectivity index (χ1v) is 5.40. The summed E-state index contributed by atoms with van der Waals surface area (Å²) in [7, 11) is 0. The van der Waals surface area contributed by atoms with Crippen molar-refractivity contribution in [3.8, 4) is 0 Å². The van der Waals surface area contributed by atoms with Crippen LogP contribution in [0.2, 0.25) is 0 Å². The maximum Gasteiger partial charge on any atom is 0.254 e. The fraction of sp³-hybridized carbons (Fsp3) is 0.545. The molecule has 1 amide bonds. The highest BCUT2D eigenvalue weighted by Gasteiger charge is 2.15. The molecule has 82 valence electrons. The van der Waals surface area contributed by atoms with Crippen molar-refractivity contribution in [2.24, 2.45) is 0 Å². The molecule has 1 aliphatic heterocycles. The van der Waals surface area contributed by atoms with E-state index in [9.17, 15) is 4.79 Å². The van der Waals surface area contributed by atoms with E-state index in [1.807, 2.05) is 0 Å². The Balaban J connectivity index is 1.87. The normalized spacial score (nSPS) is 22.0. The lowest BCUT2D eigenvalue weighted by Crippen LogP contribution is -2.35. The number of nitrogens with one attached hydrogen (secondary N) is 2. The van der Waals surface area contributed by atoms with E-state index in [-0.39, 0.29) is 5.91 Å². The zero-order valence-corrected chi connectivity index (χ0v) is 8.66. The first-order chi connectivity index (χ1) is 7.36. The molecule has 1 atom stereocenters. The van der Waals surface area contributed by atoms with Crippen molar-refractivity contribution in [1.29, 1.82) is 0 Å². The molecule has 0 aliphatic carbocycles. The minimum Gasteiger partial charge on any atom is -0.472 e. The van der Waals surface area contributed by atoms with Gasteiger partial charge >= 0.3 is 0 Å². The van der Waals surface area contributed by atoms with Crippen molar-refractivity contribution >= 4 is 5.91 Å². The van der Waals surface area contributed by atoms with Crippen LogP contribution < -0.4 is 10.6 Å². The molecule has 4 heteroatoms. The number of furan rings is 1. The van der Waals surface area contributed by atoms with E-state index in [4.69, 9.17) is 4.42 Å². The number of carbonyl (C=O) groups excluding carboxylic acids is 1. The van der Waals surface area contributed by atoms with E-state index in [0.717, 1.165) is 32.4 Å². The maximum absolute atomic E-state index is 11.7. The van der Waals surface area contributed by atoms with Crippen molar-refractivity contribution in [2.75, 3.05) is 13.1 Å². The number of amides is 1. The Kier molecular flexibility index (Phi) is 3.40. The van der Waals surface area contributed by atoms with Crippen LogP contribution in [0.25, 0.3) is 0 Å². The summed E-state index contributed by atoms with van der Waals surface area (Å²) in [5.41, 5.74) is 0.604. The van der Waals surface area contributed by atoms with Gasteiger partial charge in [-0.3, -0.25) is 4.79 Å². The Morgan fingerprint density at radius 1 is 1.47 bits per heavy atom. The van der Waals surface area contributed by atoms with E-state index in [2.05, 4.69) is 10.6 Å². The van der Waals surface area contributed by atoms with Crippen molar-refractivity contribution in [3.05, 3.63) is 24.2 Å². The topological polar surface area (TPSA) is 54.3 Å². The van der Waals surface area contributed by atoms with E-state index in [1.54, 1.807) is 6.07 Å². The fourth-order valence-electron chi connectivity index (χ4n) is 1.83. The molecule has 2 heterocycles. The molecule has 1 fully saturated rings. The van der Waals surface area contributed by atoms with Crippen LogP contribution >= 0.6 is 0 Å². The van der Waals surface area contributed by atoms with Gasteiger partial charge in [0, 0.05) is 6.04 Å². The van der Waals surface area contributed by atoms with Crippen molar-refractivity contribution in [2.45, 2.75) is 25.3 Å². The molecule has 0 spiro atoms. The van der Waals surface area contributed by atoms with Crippen LogP contribution in [0.5, 0.6) is 0 Å². The van der Waals surface area contributed by atoms with Gasteiger partial charge in [0.15, 0.2) is 0 Å². The standard InChI is InChI=1S/C11H16N2O2/c14-11(9-4-7-15-8-9)13-10-2-1-5-12-6-3-10/h4,7-8,10,12H,1-3,5-6H2,(H,13,14). The van der Waals surface area contributed by atoms with Crippen LogP contribution in [0.15, 0.2) is 23.0 Å². The summed E-state index contributed by atoms with van der Waals surface area (Å²) in [6.45, 7) is 2.04. The number of rotatable bonds is 2. The average molecular weight is 208 g/mol. The molecule has 1 aliphatic rings. The van der Waals surface area contributed by atoms with Crippen molar-refractivity contribution < 1.29 is 9.21 Å². The molecule has 0 radical (unpaired) electrons. The molecule has 1 aromatic heterocycles. The van der Waals surface area contributed by atoms with Crippen LogP contribution in [-0.2, 0) is 0 Å². The van der Waals surface area contributed by atoms with Gasteiger partial charge < -0.3 is 15.1 Å². The highest BCUT2D eigenvalue weighted by Crippen LogP contribution is 2.07. The summed E-state index contributed by atoms with van der Waals surface area (Å²) >= 11 is 0. The molecule has 1 unspecified atom stereocenters. The largest absolute Gasteiger partial charge is 0.472 e. The first kappa shape index (κ1) is 10.2. The lowest BCUT2D eigenvalue weighted by atomic mass is 10.1. The molecule has 2 N–H and O–H groups in total. The molecule has 0 aromatic carbocycles. The van der Waals surface area contributed by atoms with Gasteiger partial charge in [0.1, 0.15) is 6.26 Å². The highest BCUT2D eigenvalue weighted by molar-refractivity contribution is 5.93. The van der Waals surface area contributed by atoms with E-state index < -0.39 is 0 Å². The monoisotopic (exact) mass is 208 g/mol. The second-order valence-electron chi connectivity index (χ2n) is 3.86. The zero-order valence-electron chi connectivity index (χ0n) is 8.66. The lowest BCUT2D eigenvalue weighted by molar-refractivity contribution is 0.0933. The van der Waals surface area contributed by atoms with Gasteiger partial charge in [0.2, 0.25) is 0 Å². The predicted octanol–water partition coefficient (Wildman–Crippen LogP) is 1.15. The summed E-state index contributed by atoms with van der Waals surface area (Å²) in [5.74, 6) is -0.0318. The minimum absolute atomic E-state index is 0.0318. The molecule has 1 aromatic rings. The van der Waals surface area contributed by atoms with Gasteiger partial charge in [0.05, 0.1) is 11.8 Å². The summed E-state index contributed by atoms with van der Waals surface area (Å²) in [4.78, 5) is 11.7. The van der Waals surface area contributed by atoms with E-state index in [0.29, 0.717) is 11.6 Å². The van der Waals surface area contributed by atoms with Crippen LogP contribution in [0.4, 0.5) is 0 Å². The third kappa shape index (κ3) is 2.83. The van der Waals surface area contributed by atoms with Crippen molar-refractivity contribution in [3.63, 3.8) is 0 Å². The SMILES string of the molecule is O=C(NC1CCCNCC1)c1ccoc1. The highest BCUT2D eigenvalue weighted by atomic mass is 16.3. The molecule has 15 heavy (non-hydrogen) atoms. The van der Waals surface area contributed by atoms with Crippen LogP contribution in [-0.4, -0.2) is 25.0 Å². The van der Waals surface area contributed by atoms with Gasteiger partial charge in [-0.05, 0) is 38.4 Å². The molecule has 4 nitrogen and oxygen atoms in total. The molecule has 2 rings (SSSR count). The Bertz CT molecular complexity index is 300. The molecule has 0 bridgehead atoms. The first-order valence-electron chi connectivity index (χ1n) is 5.40. The third-order valence-electron chi connectivity index (χ3n) is 2.69. The Hall–Kier alpha value is -1.29. The quantitative estimate of drug-likeness (QED) is 0.766. The number of hydrogen-bond acceptors (Lipinski definition) is 3. The molecular formula is C11H16N2O2. The Morgan fingerprint density at radius 2 is 2.40 bits per heavy atom. The third-order valence-corrected chi connectivity index (χ3v) is 2.69. The van der Waals surface area contributed by atoms with Gasteiger partial charge in [-0.15, -0.1) is 0 Å². The number of hydrogen-bond donors (Lipinski definition) is 2. The summed E-state index contributed by atoms with van der Waals surface area (Å²) < 4.78 is 4.88. The number of carbonyl (C=O) groups is 1. The molecule has 0 saturated carbocycles. The second kappa shape index (κ2) is 4.98. The molecular weight excluding hydrogens is 192 g/mol. The fourth-order valence-corrected chi connectivity index (χ4v) is 1.83. The summed E-state index contributed by atoms with van der Waals surface area (Å²) in [6.07, 6.45) is 6.17.